The molecule has 0 amide bonds. The standard InChI is InChI=1S/C12H17N3O3/c13-9-3-4-10(12(17)18)14-11(9)15-5-1-2-8(6-15)7-16/h3-4,8,16H,1-2,5-7,13H2,(H,17,18). The summed E-state index contributed by atoms with van der Waals surface area (Å²) in [5.74, 6) is -0.353. The van der Waals surface area contributed by atoms with E-state index in [2.05, 4.69) is 4.98 Å². The first-order valence-corrected chi connectivity index (χ1v) is 5.97. The van der Waals surface area contributed by atoms with E-state index in [1.54, 1.807) is 6.07 Å². The van der Waals surface area contributed by atoms with Crippen molar-refractivity contribution in [2.75, 3.05) is 30.3 Å². The molecule has 98 valence electrons. The number of nitrogens with zero attached hydrogens (tertiary/aromatic N) is 2. The Balaban J connectivity index is 2.26. The maximum absolute atomic E-state index is 10.9. The number of pyridine rings is 1. The molecule has 0 aromatic carbocycles. The number of piperidine rings is 1. The third-order valence-electron chi connectivity index (χ3n) is 3.20. The highest BCUT2D eigenvalue weighted by molar-refractivity contribution is 5.87. The smallest absolute Gasteiger partial charge is 0.354 e. The van der Waals surface area contributed by atoms with E-state index in [1.807, 2.05) is 4.90 Å². The molecule has 0 saturated carbocycles. The second-order valence-corrected chi connectivity index (χ2v) is 4.55. The van der Waals surface area contributed by atoms with Gasteiger partial charge in [0.25, 0.3) is 0 Å². The molecular formula is C12H17N3O3. The topological polar surface area (TPSA) is 99.7 Å². The van der Waals surface area contributed by atoms with Crippen molar-refractivity contribution >= 4 is 17.5 Å². The van der Waals surface area contributed by atoms with Gasteiger partial charge in [0.2, 0.25) is 0 Å². The van der Waals surface area contributed by atoms with Gasteiger partial charge in [-0.2, -0.15) is 0 Å². The lowest BCUT2D eigenvalue weighted by Crippen LogP contribution is -2.37. The monoisotopic (exact) mass is 251 g/mol. The maximum atomic E-state index is 10.9. The van der Waals surface area contributed by atoms with Crippen LogP contribution in [-0.2, 0) is 0 Å². The van der Waals surface area contributed by atoms with Crippen LogP contribution in [0.5, 0.6) is 0 Å². The first kappa shape index (κ1) is 12.6. The Hall–Kier alpha value is -1.82. The molecule has 0 radical (unpaired) electrons. The van der Waals surface area contributed by atoms with Gasteiger partial charge in [-0.15, -0.1) is 0 Å². The number of carbonyl (C=O) groups is 1. The lowest BCUT2D eigenvalue weighted by atomic mass is 9.99. The summed E-state index contributed by atoms with van der Waals surface area (Å²) in [7, 11) is 0. The number of aromatic carboxylic acids is 1. The van der Waals surface area contributed by atoms with Gasteiger partial charge in [0.15, 0.2) is 11.5 Å². The molecule has 6 heteroatoms. The van der Waals surface area contributed by atoms with Crippen LogP contribution in [0.15, 0.2) is 12.1 Å². The highest BCUT2D eigenvalue weighted by Crippen LogP contribution is 2.26. The summed E-state index contributed by atoms with van der Waals surface area (Å²) in [6, 6.07) is 2.96. The van der Waals surface area contributed by atoms with Crippen molar-refractivity contribution in [2.45, 2.75) is 12.8 Å². The summed E-state index contributed by atoms with van der Waals surface area (Å²) in [6.45, 7) is 1.59. The highest BCUT2D eigenvalue weighted by atomic mass is 16.4. The van der Waals surface area contributed by atoms with Gasteiger partial charge in [0.1, 0.15) is 0 Å². The number of carboxylic acids is 1. The summed E-state index contributed by atoms with van der Waals surface area (Å²) in [6.07, 6.45) is 1.93. The van der Waals surface area contributed by atoms with E-state index in [0.29, 0.717) is 18.1 Å². The quantitative estimate of drug-likeness (QED) is 0.726. The summed E-state index contributed by atoms with van der Waals surface area (Å²) < 4.78 is 0. The van der Waals surface area contributed by atoms with Crippen molar-refractivity contribution in [3.63, 3.8) is 0 Å². The molecule has 6 nitrogen and oxygen atoms in total. The van der Waals surface area contributed by atoms with E-state index in [4.69, 9.17) is 10.8 Å². The fourth-order valence-electron chi connectivity index (χ4n) is 2.24. The molecule has 0 aliphatic carbocycles. The van der Waals surface area contributed by atoms with Crippen molar-refractivity contribution < 1.29 is 15.0 Å². The van der Waals surface area contributed by atoms with Gasteiger partial charge in [0, 0.05) is 19.7 Å². The zero-order valence-electron chi connectivity index (χ0n) is 10.0. The molecule has 1 saturated heterocycles. The average Bonchev–Trinajstić information content (AvgIpc) is 2.39. The van der Waals surface area contributed by atoms with Crippen molar-refractivity contribution in [3.8, 4) is 0 Å². The van der Waals surface area contributed by atoms with E-state index in [1.165, 1.54) is 6.07 Å². The molecule has 0 spiro atoms. The SMILES string of the molecule is Nc1ccc(C(=O)O)nc1N1CCCC(CO)C1. The molecule has 1 fully saturated rings. The van der Waals surface area contributed by atoms with Crippen LogP contribution in [0.2, 0.25) is 0 Å². The Morgan fingerprint density at radius 3 is 3.00 bits per heavy atom. The first-order valence-electron chi connectivity index (χ1n) is 5.97. The van der Waals surface area contributed by atoms with Crippen molar-refractivity contribution in [2.24, 2.45) is 5.92 Å². The van der Waals surface area contributed by atoms with E-state index < -0.39 is 5.97 Å². The number of aliphatic hydroxyl groups is 1. The second-order valence-electron chi connectivity index (χ2n) is 4.55. The van der Waals surface area contributed by atoms with Gasteiger partial charge in [0.05, 0.1) is 5.69 Å². The van der Waals surface area contributed by atoms with E-state index in [0.717, 1.165) is 19.4 Å². The van der Waals surface area contributed by atoms with E-state index in [-0.39, 0.29) is 18.2 Å². The normalized spacial score (nSPS) is 19.8. The molecule has 2 rings (SSSR count). The lowest BCUT2D eigenvalue weighted by Gasteiger charge is -2.33. The average molecular weight is 251 g/mol. The molecule has 18 heavy (non-hydrogen) atoms. The summed E-state index contributed by atoms with van der Waals surface area (Å²) in [4.78, 5) is 16.9. The third kappa shape index (κ3) is 2.53. The van der Waals surface area contributed by atoms with Gasteiger partial charge in [-0.05, 0) is 30.9 Å². The number of nitrogen functional groups attached to an aromatic ring is 1. The molecule has 2 heterocycles. The zero-order chi connectivity index (χ0) is 13.1. The fourth-order valence-corrected chi connectivity index (χ4v) is 2.24. The fraction of sp³-hybridized carbons (Fsp3) is 0.500. The van der Waals surface area contributed by atoms with Crippen molar-refractivity contribution in [3.05, 3.63) is 17.8 Å². The number of hydrogen-bond donors (Lipinski definition) is 3. The van der Waals surface area contributed by atoms with Gasteiger partial charge in [-0.25, -0.2) is 9.78 Å². The van der Waals surface area contributed by atoms with Crippen LogP contribution < -0.4 is 10.6 Å². The molecule has 4 N–H and O–H groups in total. The predicted octanol–water partition coefficient (Wildman–Crippen LogP) is 0.571. The molecule has 1 aliphatic rings. The summed E-state index contributed by atoms with van der Waals surface area (Å²) >= 11 is 0. The Labute approximate surface area is 105 Å². The number of anilines is 2. The third-order valence-corrected chi connectivity index (χ3v) is 3.20. The van der Waals surface area contributed by atoms with Crippen LogP contribution in [0.1, 0.15) is 23.3 Å². The number of hydrogen-bond acceptors (Lipinski definition) is 5. The molecule has 1 aliphatic heterocycles. The Morgan fingerprint density at radius 2 is 2.33 bits per heavy atom. The summed E-state index contributed by atoms with van der Waals surface area (Å²) in [5, 5.41) is 18.1. The number of rotatable bonds is 3. The first-order chi connectivity index (χ1) is 8.61. The van der Waals surface area contributed by atoms with Crippen LogP contribution >= 0.6 is 0 Å². The predicted molar refractivity (Wildman–Crippen MR) is 67.6 cm³/mol. The van der Waals surface area contributed by atoms with Crippen LogP contribution in [0, 0.1) is 5.92 Å². The Morgan fingerprint density at radius 1 is 1.56 bits per heavy atom. The van der Waals surface area contributed by atoms with Gasteiger partial charge < -0.3 is 20.8 Å². The molecule has 1 atom stereocenters. The Bertz CT molecular complexity index is 450. The zero-order valence-corrected chi connectivity index (χ0v) is 10.0. The lowest BCUT2D eigenvalue weighted by molar-refractivity contribution is 0.0690. The molecule has 1 unspecified atom stereocenters. The van der Waals surface area contributed by atoms with Crippen LogP contribution in [-0.4, -0.2) is 40.9 Å². The minimum Gasteiger partial charge on any atom is -0.477 e. The van der Waals surface area contributed by atoms with Gasteiger partial charge in [-0.3, -0.25) is 0 Å². The molecule has 1 aromatic heterocycles. The van der Waals surface area contributed by atoms with Crippen molar-refractivity contribution in [1.29, 1.82) is 0 Å². The molecular weight excluding hydrogens is 234 g/mol. The molecule has 1 aromatic rings. The van der Waals surface area contributed by atoms with Gasteiger partial charge >= 0.3 is 5.97 Å². The minimum absolute atomic E-state index is 0.00896. The largest absolute Gasteiger partial charge is 0.477 e. The van der Waals surface area contributed by atoms with Crippen LogP contribution in [0.3, 0.4) is 0 Å². The summed E-state index contributed by atoms with van der Waals surface area (Å²) in [5.41, 5.74) is 6.31. The van der Waals surface area contributed by atoms with Crippen LogP contribution in [0.4, 0.5) is 11.5 Å². The molecule has 0 bridgehead atoms. The maximum Gasteiger partial charge on any atom is 0.354 e. The Kier molecular flexibility index (Phi) is 3.66. The number of aliphatic hydroxyl groups excluding tert-OH is 1. The number of aromatic nitrogens is 1. The second kappa shape index (κ2) is 5.22. The minimum atomic E-state index is -1.06. The van der Waals surface area contributed by atoms with E-state index >= 15 is 0 Å². The number of carboxylic acid groups (broad SMARTS) is 1. The highest BCUT2D eigenvalue weighted by Gasteiger charge is 2.22. The number of nitrogens with two attached hydrogens (primary N) is 1. The van der Waals surface area contributed by atoms with Crippen molar-refractivity contribution in [1.82, 2.24) is 4.98 Å². The van der Waals surface area contributed by atoms with E-state index in [9.17, 15) is 9.90 Å². The van der Waals surface area contributed by atoms with Crippen LogP contribution in [0.25, 0.3) is 0 Å². The van der Waals surface area contributed by atoms with Gasteiger partial charge in [-0.1, -0.05) is 0 Å².